The first kappa shape index (κ1) is 13.7. The minimum Gasteiger partial charge on any atom is -0.343 e. The molecule has 2 nitrogen and oxygen atoms in total. The fraction of sp³-hybridized carbons (Fsp3) is 0.667. The maximum Gasteiger partial charge on any atom is 0.182 e. The van der Waals surface area contributed by atoms with Gasteiger partial charge in [-0.2, -0.15) is 0 Å². The summed E-state index contributed by atoms with van der Waals surface area (Å²) in [5, 5.41) is -0.449. The van der Waals surface area contributed by atoms with Crippen LogP contribution in [0.2, 0.25) is 0 Å². The molecule has 100 valence electrons. The van der Waals surface area contributed by atoms with E-state index in [1.807, 2.05) is 13.0 Å². The molecule has 0 amide bonds. The number of hydrogen-bond acceptors (Lipinski definition) is 1. The molecule has 1 aromatic rings. The topological polar surface area (TPSA) is 22.0 Å². The van der Waals surface area contributed by atoms with E-state index in [1.54, 1.807) is 6.92 Å². The molecule has 0 aromatic carbocycles. The summed E-state index contributed by atoms with van der Waals surface area (Å²) in [7, 11) is 0. The number of nitrogens with zero attached hydrogens (tertiary/aromatic N) is 1. The average Bonchev–Trinajstić information content (AvgIpc) is 2.83. The third-order valence-electron chi connectivity index (χ3n) is 4.28. The lowest BCUT2D eigenvalue weighted by atomic mass is 9.99. The van der Waals surface area contributed by atoms with Crippen LogP contribution in [0.15, 0.2) is 6.07 Å². The van der Waals surface area contributed by atoms with Crippen molar-refractivity contribution in [2.24, 2.45) is 0 Å². The van der Waals surface area contributed by atoms with Crippen LogP contribution in [0.4, 0.5) is 0 Å². The van der Waals surface area contributed by atoms with Crippen molar-refractivity contribution in [1.29, 1.82) is 0 Å². The normalized spacial score (nSPS) is 20.1. The largest absolute Gasteiger partial charge is 0.343 e. The second-order valence-corrected chi connectivity index (χ2v) is 6.46. The molecule has 2 rings (SSSR count). The zero-order chi connectivity index (χ0) is 13.5. The summed E-state index contributed by atoms with van der Waals surface area (Å²) >= 11 is 5.93. The highest BCUT2D eigenvalue weighted by molar-refractivity contribution is 6.33. The summed E-state index contributed by atoms with van der Waals surface area (Å²) in [5.74, 6) is 0.0395. The molecule has 1 atom stereocenters. The van der Waals surface area contributed by atoms with Gasteiger partial charge in [0.2, 0.25) is 0 Å². The molecule has 0 spiro atoms. The molecule has 1 aromatic heterocycles. The molecular weight excluding hydrogens is 246 g/mol. The quantitative estimate of drug-likeness (QED) is 0.594. The molecule has 1 saturated carbocycles. The summed E-state index contributed by atoms with van der Waals surface area (Å²) in [5.41, 5.74) is 3.23. The summed E-state index contributed by atoms with van der Waals surface area (Å²) in [6.07, 6.45) is 4.96. The van der Waals surface area contributed by atoms with Gasteiger partial charge < -0.3 is 4.57 Å². The van der Waals surface area contributed by atoms with Gasteiger partial charge >= 0.3 is 0 Å². The highest BCUT2D eigenvalue weighted by atomic mass is 35.5. The minimum atomic E-state index is -0.449. The standard InChI is InChI=1S/C15H22ClNO/c1-10-9-13(14(18)11(2)16)12(3)17(10)15(4)7-5-6-8-15/h9,11H,5-8H2,1-4H3. The van der Waals surface area contributed by atoms with Gasteiger partial charge in [0.1, 0.15) is 0 Å². The fourth-order valence-corrected chi connectivity index (χ4v) is 3.54. The van der Waals surface area contributed by atoms with Crippen molar-refractivity contribution in [3.8, 4) is 0 Å². The van der Waals surface area contributed by atoms with Crippen molar-refractivity contribution in [3.63, 3.8) is 0 Å². The molecule has 3 heteroatoms. The maximum atomic E-state index is 12.1. The Bertz CT molecular complexity index is 467. The van der Waals surface area contributed by atoms with E-state index in [-0.39, 0.29) is 11.3 Å². The number of halogens is 1. The Kier molecular flexibility index (Phi) is 3.59. The van der Waals surface area contributed by atoms with Crippen molar-refractivity contribution >= 4 is 17.4 Å². The Morgan fingerprint density at radius 3 is 2.44 bits per heavy atom. The van der Waals surface area contributed by atoms with Gasteiger partial charge in [-0.05, 0) is 46.6 Å². The second-order valence-electron chi connectivity index (χ2n) is 5.80. The first-order chi connectivity index (χ1) is 8.37. The summed E-state index contributed by atoms with van der Waals surface area (Å²) in [6.45, 7) is 8.18. The monoisotopic (exact) mass is 267 g/mol. The number of ketones is 1. The maximum absolute atomic E-state index is 12.1. The van der Waals surface area contributed by atoms with E-state index in [4.69, 9.17) is 11.6 Å². The third kappa shape index (κ3) is 2.11. The molecule has 1 fully saturated rings. The van der Waals surface area contributed by atoms with E-state index in [0.29, 0.717) is 0 Å². The van der Waals surface area contributed by atoms with E-state index in [0.717, 1.165) is 11.3 Å². The Morgan fingerprint density at radius 2 is 1.94 bits per heavy atom. The van der Waals surface area contributed by atoms with Crippen LogP contribution in [0.1, 0.15) is 61.3 Å². The number of alkyl halides is 1. The summed E-state index contributed by atoms with van der Waals surface area (Å²) in [6, 6.07) is 2.00. The van der Waals surface area contributed by atoms with E-state index in [1.165, 1.54) is 31.4 Å². The van der Waals surface area contributed by atoms with Crippen molar-refractivity contribution < 1.29 is 4.79 Å². The number of hydrogen-bond donors (Lipinski definition) is 0. The van der Waals surface area contributed by atoms with Gasteiger partial charge in [0, 0.05) is 22.5 Å². The van der Waals surface area contributed by atoms with Gasteiger partial charge in [-0.25, -0.2) is 0 Å². The predicted molar refractivity (Wildman–Crippen MR) is 75.7 cm³/mol. The average molecular weight is 268 g/mol. The van der Waals surface area contributed by atoms with Gasteiger partial charge in [0.05, 0.1) is 5.38 Å². The number of aryl methyl sites for hydroxylation is 1. The minimum absolute atomic E-state index is 0.0395. The van der Waals surface area contributed by atoms with Crippen molar-refractivity contribution in [2.75, 3.05) is 0 Å². The smallest absolute Gasteiger partial charge is 0.182 e. The van der Waals surface area contributed by atoms with Gasteiger partial charge in [0.25, 0.3) is 0 Å². The highest BCUT2D eigenvalue weighted by Crippen LogP contribution is 2.39. The second kappa shape index (κ2) is 4.73. The number of Topliss-reactive ketones (excluding diaryl/α,β-unsaturated/α-hetero) is 1. The highest BCUT2D eigenvalue weighted by Gasteiger charge is 2.34. The number of aromatic nitrogens is 1. The predicted octanol–water partition coefficient (Wildman–Crippen LogP) is 4.20. The third-order valence-corrected chi connectivity index (χ3v) is 4.48. The Hall–Kier alpha value is -0.760. The van der Waals surface area contributed by atoms with Crippen LogP contribution >= 0.6 is 11.6 Å². The molecule has 0 radical (unpaired) electrons. The molecule has 1 heterocycles. The lowest BCUT2D eigenvalue weighted by molar-refractivity contribution is 0.0991. The van der Waals surface area contributed by atoms with Crippen LogP contribution in [-0.4, -0.2) is 15.7 Å². The van der Waals surface area contributed by atoms with Crippen LogP contribution < -0.4 is 0 Å². The van der Waals surface area contributed by atoms with Crippen LogP contribution in [0.25, 0.3) is 0 Å². The molecule has 0 aliphatic heterocycles. The zero-order valence-corrected chi connectivity index (χ0v) is 12.5. The van der Waals surface area contributed by atoms with Crippen molar-refractivity contribution in [1.82, 2.24) is 4.57 Å². The zero-order valence-electron chi connectivity index (χ0n) is 11.7. The van der Waals surface area contributed by atoms with Crippen LogP contribution in [0.5, 0.6) is 0 Å². The van der Waals surface area contributed by atoms with Gasteiger partial charge in [0.15, 0.2) is 5.78 Å². The SMILES string of the molecule is Cc1cc(C(=O)C(C)Cl)c(C)n1C1(C)CCCC1. The van der Waals surface area contributed by atoms with Crippen LogP contribution in [0.3, 0.4) is 0 Å². The van der Waals surface area contributed by atoms with E-state index < -0.39 is 5.38 Å². The molecule has 1 aliphatic carbocycles. The van der Waals surface area contributed by atoms with Crippen LogP contribution in [-0.2, 0) is 5.54 Å². The lowest BCUT2D eigenvalue weighted by Crippen LogP contribution is -2.28. The first-order valence-corrected chi connectivity index (χ1v) is 7.18. The summed E-state index contributed by atoms with van der Waals surface area (Å²) in [4.78, 5) is 12.1. The van der Waals surface area contributed by atoms with Gasteiger partial charge in [-0.3, -0.25) is 4.79 Å². The number of rotatable bonds is 3. The number of carbonyl (C=O) groups excluding carboxylic acids is 1. The van der Waals surface area contributed by atoms with Gasteiger partial charge in [-0.15, -0.1) is 11.6 Å². The van der Waals surface area contributed by atoms with E-state index >= 15 is 0 Å². The van der Waals surface area contributed by atoms with Crippen molar-refractivity contribution in [3.05, 3.63) is 23.0 Å². The van der Waals surface area contributed by atoms with E-state index in [9.17, 15) is 4.79 Å². The Balaban J connectivity index is 2.47. The first-order valence-electron chi connectivity index (χ1n) is 6.74. The fourth-order valence-electron chi connectivity index (χ4n) is 3.42. The summed E-state index contributed by atoms with van der Waals surface area (Å²) < 4.78 is 2.35. The van der Waals surface area contributed by atoms with E-state index in [2.05, 4.69) is 18.4 Å². The van der Waals surface area contributed by atoms with Gasteiger partial charge in [-0.1, -0.05) is 12.8 Å². The number of carbonyl (C=O) groups is 1. The molecule has 1 unspecified atom stereocenters. The Morgan fingerprint density at radius 1 is 1.39 bits per heavy atom. The molecule has 0 bridgehead atoms. The lowest BCUT2D eigenvalue weighted by Gasteiger charge is -2.30. The molecule has 18 heavy (non-hydrogen) atoms. The Labute approximate surface area is 114 Å². The molecule has 0 N–H and O–H groups in total. The molecular formula is C15H22ClNO. The molecule has 1 aliphatic rings. The van der Waals surface area contributed by atoms with Crippen LogP contribution in [0, 0.1) is 13.8 Å². The molecule has 0 saturated heterocycles. The van der Waals surface area contributed by atoms with Crippen molar-refractivity contribution in [2.45, 2.75) is 64.3 Å².